The van der Waals surface area contributed by atoms with E-state index in [4.69, 9.17) is 9.47 Å². The van der Waals surface area contributed by atoms with Gasteiger partial charge in [0.05, 0.1) is 25.5 Å². The second-order valence-corrected chi connectivity index (χ2v) is 6.22. The number of carbonyl (C=O) groups is 1. The van der Waals surface area contributed by atoms with E-state index in [1.54, 1.807) is 37.1 Å². The van der Waals surface area contributed by atoms with E-state index in [0.717, 1.165) is 11.1 Å². The molecule has 1 fully saturated rings. The monoisotopic (exact) mass is 330 g/mol. The van der Waals surface area contributed by atoms with Crippen molar-refractivity contribution in [3.05, 3.63) is 47.7 Å². The van der Waals surface area contributed by atoms with Gasteiger partial charge in [-0.3, -0.25) is 9.69 Å². The fraction of sp³-hybridized carbons (Fsp3) is 0.294. The normalized spacial score (nSPS) is 17.4. The van der Waals surface area contributed by atoms with Crippen molar-refractivity contribution >= 4 is 23.5 Å². The number of methoxy groups -OCH3 is 2. The van der Waals surface area contributed by atoms with Crippen LogP contribution in [0, 0.1) is 6.92 Å². The lowest BCUT2D eigenvalue weighted by Gasteiger charge is -2.27. The van der Waals surface area contributed by atoms with Crippen molar-refractivity contribution in [1.82, 2.24) is 4.98 Å². The van der Waals surface area contributed by atoms with Crippen LogP contribution in [0.1, 0.15) is 16.5 Å². The first kappa shape index (κ1) is 15.7. The third-order valence-corrected chi connectivity index (χ3v) is 4.97. The highest BCUT2D eigenvalue weighted by atomic mass is 32.2. The number of anilines is 1. The average molecular weight is 330 g/mol. The lowest BCUT2D eigenvalue weighted by atomic mass is 10.1. The summed E-state index contributed by atoms with van der Waals surface area (Å²) >= 11 is 1.55. The molecule has 1 amide bonds. The van der Waals surface area contributed by atoms with E-state index in [1.165, 1.54) is 0 Å². The van der Waals surface area contributed by atoms with Crippen LogP contribution in [-0.2, 0) is 4.79 Å². The Balaban J connectivity index is 2.13. The molecule has 0 radical (unpaired) electrons. The van der Waals surface area contributed by atoms with Crippen molar-refractivity contribution in [1.29, 1.82) is 0 Å². The minimum Gasteiger partial charge on any atom is -0.496 e. The Morgan fingerprint density at radius 1 is 1.17 bits per heavy atom. The van der Waals surface area contributed by atoms with Gasteiger partial charge in [0.25, 0.3) is 0 Å². The summed E-state index contributed by atoms with van der Waals surface area (Å²) in [4.78, 5) is 18.6. The van der Waals surface area contributed by atoms with E-state index < -0.39 is 0 Å². The van der Waals surface area contributed by atoms with Crippen LogP contribution in [0.15, 0.2) is 36.5 Å². The first-order valence-corrected chi connectivity index (χ1v) is 8.28. The SMILES string of the molecule is COc1cccc(OC)c1C1SCC(=O)N1c1ncccc1C. The standard InChI is InChI=1S/C17H18N2O3S/c1-11-6-5-9-18-16(11)19-14(20)10-23-17(19)15-12(21-2)7-4-8-13(15)22-3/h4-9,17H,10H2,1-3H3. The molecule has 0 bridgehead atoms. The molecule has 3 rings (SSSR count). The molecule has 1 atom stereocenters. The zero-order chi connectivity index (χ0) is 16.4. The maximum absolute atomic E-state index is 12.5. The maximum Gasteiger partial charge on any atom is 0.239 e. The fourth-order valence-corrected chi connectivity index (χ4v) is 3.92. The number of thioether (sulfide) groups is 1. The van der Waals surface area contributed by atoms with E-state index in [2.05, 4.69) is 4.98 Å². The minimum atomic E-state index is -0.220. The first-order chi connectivity index (χ1) is 11.2. The van der Waals surface area contributed by atoms with Gasteiger partial charge in [0, 0.05) is 6.20 Å². The number of rotatable bonds is 4. The Kier molecular flexibility index (Phi) is 4.43. The number of nitrogens with zero attached hydrogens (tertiary/aromatic N) is 2. The zero-order valence-corrected chi connectivity index (χ0v) is 14.1. The van der Waals surface area contributed by atoms with Gasteiger partial charge in [-0.05, 0) is 30.7 Å². The molecule has 0 spiro atoms. The van der Waals surface area contributed by atoms with Gasteiger partial charge in [0.15, 0.2) is 0 Å². The van der Waals surface area contributed by atoms with Crippen molar-refractivity contribution in [2.45, 2.75) is 12.3 Å². The fourth-order valence-electron chi connectivity index (χ4n) is 2.72. The number of hydrogen-bond donors (Lipinski definition) is 0. The van der Waals surface area contributed by atoms with Crippen LogP contribution in [0.3, 0.4) is 0 Å². The smallest absolute Gasteiger partial charge is 0.239 e. The van der Waals surface area contributed by atoms with E-state index >= 15 is 0 Å². The van der Waals surface area contributed by atoms with Gasteiger partial charge >= 0.3 is 0 Å². The molecule has 1 aromatic carbocycles. The number of aryl methyl sites for hydroxylation is 1. The molecule has 23 heavy (non-hydrogen) atoms. The molecule has 0 saturated carbocycles. The molecule has 0 aliphatic carbocycles. The molecule has 0 N–H and O–H groups in total. The Bertz CT molecular complexity index is 713. The molecule has 2 heterocycles. The van der Waals surface area contributed by atoms with E-state index in [-0.39, 0.29) is 11.3 Å². The second-order valence-electron chi connectivity index (χ2n) is 5.15. The van der Waals surface area contributed by atoms with Gasteiger partial charge in [0.2, 0.25) is 5.91 Å². The van der Waals surface area contributed by atoms with E-state index in [1.807, 2.05) is 37.3 Å². The number of hydrogen-bond acceptors (Lipinski definition) is 5. The van der Waals surface area contributed by atoms with Crippen LogP contribution in [0.2, 0.25) is 0 Å². The van der Waals surface area contributed by atoms with E-state index in [9.17, 15) is 4.79 Å². The summed E-state index contributed by atoms with van der Waals surface area (Å²) in [6.07, 6.45) is 1.70. The summed E-state index contributed by atoms with van der Waals surface area (Å²) in [7, 11) is 3.24. The topological polar surface area (TPSA) is 51.7 Å². The summed E-state index contributed by atoms with van der Waals surface area (Å²) in [5.41, 5.74) is 1.82. The third-order valence-electron chi connectivity index (χ3n) is 3.79. The number of carbonyl (C=O) groups excluding carboxylic acids is 1. The van der Waals surface area contributed by atoms with Crippen LogP contribution in [0.5, 0.6) is 11.5 Å². The van der Waals surface area contributed by atoms with Gasteiger partial charge < -0.3 is 9.47 Å². The predicted octanol–water partition coefficient (Wildman–Crippen LogP) is 3.19. The third kappa shape index (κ3) is 2.74. The second kappa shape index (κ2) is 6.50. The lowest BCUT2D eigenvalue weighted by molar-refractivity contribution is -0.115. The summed E-state index contributed by atoms with van der Waals surface area (Å²) in [5, 5.41) is -0.220. The number of pyridine rings is 1. The van der Waals surface area contributed by atoms with Crippen LogP contribution in [-0.4, -0.2) is 30.9 Å². The van der Waals surface area contributed by atoms with Crippen LogP contribution >= 0.6 is 11.8 Å². The Morgan fingerprint density at radius 2 is 1.87 bits per heavy atom. The van der Waals surface area contributed by atoms with Crippen molar-refractivity contribution < 1.29 is 14.3 Å². The summed E-state index contributed by atoms with van der Waals surface area (Å²) in [6.45, 7) is 1.95. The molecular formula is C17H18N2O3S. The molecule has 1 aliphatic heterocycles. The van der Waals surface area contributed by atoms with E-state index in [0.29, 0.717) is 23.1 Å². The molecule has 1 saturated heterocycles. The van der Waals surface area contributed by atoms with Gasteiger partial charge in [0.1, 0.15) is 22.7 Å². The summed E-state index contributed by atoms with van der Waals surface area (Å²) in [5.74, 6) is 2.53. The van der Waals surface area contributed by atoms with Gasteiger partial charge in [-0.1, -0.05) is 12.1 Å². The molecule has 2 aromatic rings. The molecule has 6 heteroatoms. The van der Waals surface area contributed by atoms with Crippen LogP contribution in [0.4, 0.5) is 5.82 Å². The maximum atomic E-state index is 12.5. The molecule has 120 valence electrons. The van der Waals surface area contributed by atoms with Crippen molar-refractivity contribution in [2.24, 2.45) is 0 Å². The number of amides is 1. The Hall–Kier alpha value is -2.21. The molecule has 5 nitrogen and oxygen atoms in total. The Labute approximate surface area is 139 Å². The number of aromatic nitrogens is 1. The zero-order valence-electron chi connectivity index (χ0n) is 13.3. The number of benzene rings is 1. The van der Waals surface area contributed by atoms with Gasteiger partial charge in [-0.2, -0.15) is 0 Å². The highest BCUT2D eigenvalue weighted by Gasteiger charge is 2.38. The van der Waals surface area contributed by atoms with Crippen molar-refractivity contribution in [3.8, 4) is 11.5 Å². The van der Waals surface area contributed by atoms with Gasteiger partial charge in [-0.15, -0.1) is 11.8 Å². The predicted molar refractivity (Wildman–Crippen MR) is 91.2 cm³/mol. The summed E-state index contributed by atoms with van der Waals surface area (Å²) < 4.78 is 11.0. The minimum absolute atomic E-state index is 0.0368. The number of ether oxygens (including phenoxy) is 2. The summed E-state index contributed by atoms with van der Waals surface area (Å²) in [6, 6.07) is 9.45. The van der Waals surface area contributed by atoms with Gasteiger partial charge in [-0.25, -0.2) is 4.98 Å². The highest BCUT2D eigenvalue weighted by Crippen LogP contribution is 2.48. The average Bonchev–Trinajstić information content (AvgIpc) is 2.95. The lowest BCUT2D eigenvalue weighted by Crippen LogP contribution is -2.29. The van der Waals surface area contributed by atoms with Crippen LogP contribution < -0.4 is 14.4 Å². The first-order valence-electron chi connectivity index (χ1n) is 7.23. The Morgan fingerprint density at radius 3 is 2.48 bits per heavy atom. The van der Waals surface area contributed by atoms with Crippen molar-refractivity contribution in [3.63, 3.8) is 0 Å². The quantitative estimate of drug-likeness (QED) is 0.862. The molecule has 1 aliphatic rings. The van der Waals surface area contributed by atoms with Crippen LogP contribution in [0.25, 0.3) is 0 Å². The largest absolute Gasteiger partial charge is 0.496 e. The highest BCUT2D eigenvalue weighted by molar-refractivity contribution is 8.00. The van der Waals surface area contributed by atoms with Crippen molar-refractivity contribution in [2.75, 3.05) is 24.9 Å². The molecular weight excluding hydrogens is 312 g/mol. The molecule has 1 unspecified atom stereocenters. The molecule has 1 aromatic heterocycles.